The molecule has 0 aliphatic heterocycles. The Morgan fingerprint density at radius 1 is 1.23 bits per heavy atom. The second-order valence-corrected chi connectivity index (χ2v) is 8.30. The van der Waals surface area contributed by atoms with Gasteiger partial charge >= 0.3 is 0 Å². The molecule has 0 aliphatic carbocycles. The predicted molar refractivity (Wildman–Crippen MR) is 118 cm³/mol. The molecular weight excluding hydrogens is 472 g/mol. The maximum Gasteiger partial charge on any atom is 0.220 e. The lowest BCUT2D eigenvalue weighted by Gasteiger charge is -2.18. The highest BCUT2D eigenvalue weighted by molar-refractivity contribution is 9.10. The number of para-hydroxylation sites is 1. The number of hydrogen-bond acceptors (Lipinski definition) is 7. The number of rotatable bonds is 9. The third-order valence-corrected chi connectivity index (χ3v) is 6.15. The van der Waals surface area contributed by atoms with Crippen molar-refractivity contribution >= 4 is 27.7 Å². The lowest BCUT2D eigenvalue weighted by Crippen LogP contribution is -2.12. The third kappa shape index (κ3) is 4.93. The van der Waals surface area contributed by atoms with Crippen molar-refractivity contribution in [2.24, 2.45) is 0 Å². The van der Waals surface area contributed by atoms with Gasteiger partial charge in [-0.3, -0.25) is 14.7 Å². The molecular formula is C20H21BrN4O4S. The van der Waals surface area contributed by atoms with Gasteiger partial charge in [-0.25, -0.2) is 0 Å². The van der Waals surface area contributed by atoms with Crippen molar-refractivity contribution in [3.05, 3.63) is 68.4 Å². The maximum atomic E-state index is 11.4. The molecule has 10 heteroatoms. The number of nitrogens with zero attached hydrogens (tertiary/aromatic N) is 4. The smallest absolute Gasteiger partial charge is 0.220 e. The van der Waals surface area contributed by atoms with E-state index in [0.29, 0.717) is 33.6 Å². The predicted octanol–water partition coefficient (Wildman–Crippen LogP) is 4.86. The van der Waals surface area contributed by atoms with E-state index >= 15 is 0 Å². The Hall–Kier alpha value is -2.59. The van der Waals surface area contributed by atoms with E-state index in [2.05, 4.69) is 26.1 Å². The summed E-state index contributed by atoms with van der Waals surface area (Å²) in [5, 5.41) is 19.9. The summed E-state index contributed by atoms with van der Waals surface area (Å²) >= 11 is 4.83. The van der Waals surface area contributed by atoms with Crippen LogP contribution in [0.25, 0.3) is 5.69 Å². The van der Waals surface area contributed by atoms with Crippen LogP contribution in [-0.2, 0) is 0 Å². The minimum absolute atomic E-state index is 0.291. The second kappa shape index (κ2) is 9.94. The van der Waals surface area contributed by atoms with Crippen molar-refractivity contribution in [3.8, 4) is 17.2 Å². The number of nitro groups is 1. The Balaban J connectivity index is 2.03. The van der Waals surface area contributed by atoms with Crippen LogP contribution in [0.15, 0.2) is 52.1 Å². The highest BCUT2D eigenvalue weighted by Gasteiger charge is 2.27. The highest BCUT2D eigenvalue weighted by Crippen LogP contribution is 2.43. The van der Waals surface area contributed by atoms with Gasteiger partial charge in [-0.15, -0.1) is 10.2 Å². The number of ether oxygens (including phenoxy) is 2. The van der Waals surface area contributed by atoms with E-state index in [4.69, 9.17) is 9.47 Å². The molecule has 0 fully saturated rings. The first-order valence-electron chi connectivity index (χ1n) is 9.20. The van der Waals surface area contributed by atoms with Gasteiger partial charge < -0.3 is 9.47 Å². The molecule has 158 valence electrons. The molecule has 0 saturated heterocycles. The summed E-state index contributed by atoms with van der Waals surface area (Å²) in [5.74, 6) is 1.79. The van der Waals surface area contributed by atoms with Crippen LogP contribution < -0.4 is 9.47 Å². The van der Waals surface area contributed by atoms with Crippen LogP contribution in [-0.4, -0.2) is 39.9 Å². The van der Waals surface area contributed by atoms with Crippen LogP contribution in [0.4, 0.5) is 0 Å². The number of hydrogen-bond donors (Lipinski definition) is 0. The maximum absolute atomic E-state index is 11.4. The standard InChI is InChI=1S/C20H21BrN4O4S/c1-4-29-18-11-16(21)15(10-17(18)28-3)19(12-24(26)27)30-20-23-22-13(2)25(20)14-8-6-5-7-9-14/h5-11,19H,4,12H2,1-3H3/t19-/m1/s1. The van der Waals surface area contributed by atoms with Crippen LogP contribution >= 0.6 is 27.7 Å². The summed E-state index contributed by atoms with van der Waals surface area (Å²) in [6, 6.07) is 13.2. The molecule has 1 atom stereocenters. The Kier molecular flexibility index (Phi) is 7.33. The Labute approximate surface area is 186 Å². The SMILES string of the molecule is CCOc1cc(Br)c([C@@H](C[N+](=O)[O-])Sc2nnc(C)n2-c2ccccc2)cc1OC. The molecule has 0 aliphatic rings. The van der Waals surface area contributed by atoms with Crippen LogP contribution in [0, 0.1) is 17.0 Å². The van der Waals surface area contributed by atoms with Crippen LogP contribution in [0.1, 0.15) is 23.6 Å². The monoisotopic (exact) mass is 492 g/mol. The van der Waals surface area contributed by atoms with Gasteiger partial charge in [-0.1, -0.05) is 45.9 Å². The van der Waals surface area contributed by atoms with E-state index < -0.39 is 5.25 Å². The molecule has 0 unspecified atom stereocenters. The number of halogens is 1. The van der Waals surface area contributed by atoms with Crippen molar-refractivity contribution in [3.63, 3.8) is 0 Å². The zero-order valence-corrected chi connectivity index (χ0v) is 19.1. The normalized spacial score (nSPS) is 11.9. The van der Waals surface area contributed by atoms with E-state index in [-0.39, 0.29) is 11.5 Å². The first kappa shape index (κ1) is 22.1. The molecule has 0 spiro atoms. The van der Waals surface area contributed by atoms with Crippen LogP contribution in [0.2, 0.25) is 0 Å². The minimum Gasteiger partial charge on any atom is -0.493 e. The number of aromatic nitrogens is 3. The fourth-order valence-corrected chi connectivity index (χ4v) is 4.93. The number of thioether (sulfide) groups is 1. The summed E-state index contributed by atoms with van der Waals surface area (Å²) in [4.78, 5) is 11.1. The average molecular weight is 493 g/mol. The van der Waals surface area contributed by atoms with E-state index in [1.807, 2.05) is 48.7 Å². The van der Waals surface area contributed by atoms with Gasteiger partial charge in [-0.05, 0) is 43.7 Å². The fraction of sp³-hybridized carbons (Fsp3) is 0.300. The lowest BCUT2D eigenvalue weighted by molar-refractivity contribution is -0.479. The summed E-state index contributed by atoms with van der Waals surface area (Å²) in [5.41, 5.74) is 1.61. The van der Waals surface area contributed by atoms with Crippen molar-refractivity contribution < 1.29 is 14.4 Å². The van der Waals surface area contributed by atoms with E-state index in [1.165, 1.54) is 11.8 Å². The van der Waals surface area contributed by atoms with E-state index in [9.17, 15) is 10.1 Å². The third-order valence-electron chi connectivity index (χ3n) is 4.30. The average Bonchev–Trinajstić information content (AvgIpc) is 3.08. The molecule has 8 nitrogen and oxygen atoms in total. The van der Waals surface area contributed by atoms with Gasteiger partial charge in [0.1, 0.15) is 11.1 Å². The van der Waals surface area contributed by atoms with Gasteiger partial charge in [0.05, 0.1) is 13.7 Å². The molecule has 0 amide bonds. The molecule has 1 heterocycles. The van der Waals surface area contributed by atoms with Crippen molar-refractivity contribution in [2.45, 2.75) is 24.3 Å². The Morgan fingerprint density at radius 3 is 2.60 bits per heavy atom. The number of benzene rings is 2. The summed E-state index contributed by atoms with van der Waals surface area (Å²) < 4.78 is 13.6. The molecule has 0 radical (unpaired) electrons. The van der Waals surface area contributed by atoms with Crippen molar-refractivity contribution in [2.75, 3.05) is 20.3 Å². The zero-order chi connectivity index (χ0) is 21.7. The van der Waals surface area contributed by atoms with E-state index in [1.54, 1.807) is 19.2 Å². The van der Waals surface area contributed by atoms with E-state index in [0.717, 1.165) is 11.3 Å². The van der Waals surface area contributed by atoms with Crippen molar-refractivity contribution in [1.82, 2.24) is 14.8 Å². The molecule has 3 rings (SSSR count). The molecule has 2 aromatic carbocycles. The quantitative estimate of drug-likeness (QED) is 0.239. The van der Waals surface area contributed by atoms with Gasteiger partial charge in [0.15, 0.2) is 16.7 Å². The Bertz CT molecular complexity index is 1030. The second-order valence-electron chi connectivity index (χ2n) is 6.28. The molecule has 30 heavy (non-hydrogen) atoms. The van der Waals surface area contributed by atoms with Crippen LogP contribution in [0.5, 0.6) is 11.5 Å². The van der Waals surface area contributed by atoms with Gasteiger partial charge in [-0.2, -0.15) is 0 Å². The Morgan fingerprint density at radius 2 is 1.97 bits per heavy atom. The first-order chi connectivity index (χ1) is 14.4. The molecule has 3 aromatic rings. The van der Waals surface area contributed by atoms with Crippen LogP contribution in [0.3, 0.4) is 0 Å². The molecule has 0 N–H and O–H groups in total. The summed E-state index contributed by atoms with van der Waals surface area (Å²) in [7, 11) is 1.54. The highest BCUT2D eigenvalue weighted by atomic mass is 79.9. The fourth-order valence-electron chi connectivity index (χ4n) is 2.98. The van der Waals surface area contributed by atoms with Gasteiger partial charge in [0.2, 0.25) is 6.54 Å². The minimum atomic E-state index is -0.523. The molecule has 0 saturated carbocycles. The molecule has 1 aromatic heterocycles. The molecule has 0 bridgehead atoms. The number of aryl methyl sites for hydroxylation is 1. The largest absolute Gasteiger partial charge is 0.493 e. The summed E-state index contributed by atoms with van der Waals surface area (Å²) in [6.07, 6.45) is 0. The van der Waals surface area contributed by atoms with Crippen molar-refractivity contribution in [1.29, 1.82) is 0 Å². The topological polar surface area (TPSA) is 92.3 Å². The summed E-state index contributed by atoms with van der Waals surface area (Å²) in [6.45, 7) is 3.92. The van der Waals surface area contributed by atoms with Gasteiger partial charge in [0, 0.05) is 15.1 Å². The number of methoxy groups -OCH3 is 1. The first-order valence-corrected chi connectivity index (χ1v) is 10.9. The zero-order valence-electron chi connectivity index (χ0n) is 16.7. The lowest BCUT2D eigenvalue weighted by atomic mass is 10.1. The van der Waals surface area contributed by atoms with Gasteiger partial charge in [0.25, 0.3) is 0 Å².